The highest BCUT2D eigenvalue weighted by Crippen LogP contribution is 2.62. The van der Waals surface area contributed by atoms with Gasteiger partial charge in [0.1, 0.15) is 11.5 Å². The lowest BCUT2D eigenvalue weighted by Crippen LogP contribution is -2.43. The molecule has 6 aliphatic carbocycles. The van der Waals surface area contributed by atoms with Gasteiger partial charge in [-0.05, 0) is 170 Å². The van der Waals surface area contributed by atoms with Crippen molar-refractivity contribution in [2.45, 2.75) is 127 Å². The van der Waals surface area contributed by atoms with Crippen LogP contribution >= 0.6 is 0 Å². The van der Waals surface area contributed by atoms with Crippen LogP contribution in [0.4, 0.5) is 0 Å². The van der Waals surface area contributed by atoms with Gasteiger partial charge in [-0.1, -0.05) is 26.0 Å². The smallest absolute Gasteiger partial charge is 0.340 e. The van der Waals surface area contributed by atoms with Gasteiger partial charge in [-0.2, -0.15) is 0 Å². The zero-order valence-electron chi connectivity index (χ0n) is 27.8. The van der Waals surface area contributed by atoms with Gasteiger partial charge in [0.05, 0.1) is 18.6 Å². The zero-order chi connectivity index (χ0) is 32.7. The molecule has 0 heterocycles. The Balaban J connectivity index is 0.868. The van der Waals surface area contributed by atoms with Crippen molar-refractivity contribution in [2.24, 2.45) is 34.5 Å². The molecule has 3 N–H and O–H groups in total. The van der Waals surface area contributed by atoms with Crippen molar-refractivity contribution in [3.8, 4) is 11.5 Å². The number of esters is 2. The Bertz CT molecular complexity index is 1570. The van der Waals surface area contributed by atoms with Crippen LogP contribution in [0.5, 0.6) is 11.5 Å². The lowest BCUT2D eigenvalue weighted by Gasteiger charge is -2.50. The van der Waals surface area contributed by atoms with E-state index < -0.39 is 24.5 Å². The van der Waals surface area contributed by atoms with Gasteiger partial charge < -0.3 is 24.8 Å². The topological polar surface area (TPSA) is 113 Å². The maximum Gasteiger partial charge on any atom is 0.340 e. The van der Waals surface area contributed by atoms with E-state index >= 15 is 0 Å². The number of hydrogen-bond acceptors (Lipinski definition) is 7. The highest BCUT2D eigenvalue weighted by atomic mass is 16.6. The highest BCUT2D eigenvalue weighted by Gasteiger charge is 2.55. The minimum Gasteiger partial charge on any atom is -0.426 e. The van der Waals surface area contributed by atoms with Crippen LogP contribution < -0.4 is 9.47 Å². The van der Waals surface area contributed by atoms with Crippen molar-refractivity contribution in [3.63, 3.8) is 0 Å². The molecule has 0 aromatic heterocycles. The maximum absolute atomic E-state index is 12.8. The minimum absolute atomic E-state index is 0.0356. The molecule has 0 spiro atoms. The van der Waals surface area contributed by atoms with Crippen molar-refractivity contribution >= 4 is 11.9 Å². The second-order valence-electron chi connectivity index (χ2n) is 16.4. The Morgan fingerprint density at radius 2 is 1.21 bits per heavy atom. The van der Waals surface area contributed by atoms with E-state index in [1.54, 1.807) is 6.07 Å². The largest absolute Gasteiger partial charge is 0.426 e. The lowest BCUT2D eigenvalue weighted by atomic mass is 9.55. The molecule has 8 rings (SSSR count). The molecule has 0 aliphatic heterocycles. The molecule has 4 fully saturated rings. The summed E-state index contributed by atoms with van der Waals surface area (Å²) in [7, 11) is 0. The van der Waals surface area contributed by atoms with E-state index in [-0.39, 0.29) is 23.0 Å². The Morgan fingerprint density at radius 1 is 0.723 bits per heavy atom. The Labute approximate surface area is 278 Å². The number of rotatable bonds is 5. The molecule has 7 unspecified atom stereocenters. The van der Waals surface area contributed by atoms with E-state index in [0.29, 0.717) is 47.0 Å². The van der Waals surface area contributed by atoms with Gasteiger partial charge in [-0.15, -0.1) is 0 Å². The summed E-state index contributed by atoms with van der Waals surface area (Å²) < 4.78 is 11.2. The summed E-state index contributed by atoms with van der Waals surface area (Å²) in [4.78, 5) is 25.6. The number of hydrogen-bond donors (Lipinski definition) is 3. The van der Waals surface area contributed by atoms with Crippen molar-refractivity contribution in [3.05, 3.63) is 58.7 Å². The van der Waals surface area contributed by atoms with Gasteiger partial charge in [0, 0.05) is 0 Å². The first-order chi connectivity index (χ1) is 22.5. The van der Waals surface area contributed by atoms with Gasteiger partial charge in [0.15, 0.2) is 6.10 Å². The lowest BCUT2D eigenvalue weighted by molar-refractivity contribution is -0.149. The average molecular weight is 643 g/mol. The summed E-state index contributed by atoms with van der Waals surface area (Å²) in [6, 6.07) is 11.7. The van der Waals surface area contributed by atoms with Gasteiger partial charge in [-0.25, -0.2) is 4.79 Å². The van der Waals surface area contributed by atoms with Crippen LogP contribution in [-0.2, 0) is 22.4 Å². The van der Waals surface area contributed by atoms with Crippen LogP contribution in [0.2, 0.25) is 0 Å². The highest BCUT2D eigenvalue weighted by molar-refractivity contribution is 5.84. The van der Waals surface area contributed by atoms with E-state index in [4.69, 9.17) is 9.47 Å². The van der Waals surface area contributed by atoms with Gasteiger partial charge >= 0.3 is 11.9 Å². The maximum atomic E-state index is 12.8. The molecule has 0 amide bonds. The first-order valence-electron chi connectivity index (χ1n) is 18.3. The predicted octanol–water partition coefficient (Wildman–Crippen LogP) is 6.38. The van der Waals surface area contributed by atoms with Crippen LogP contribution in [-0.4, -0.2) is 45.6 Å². The van der Waals surface area contributed by atoms with Crippen LogP contribution in [0.25, 0.3) is 0 Å². The molecule has 6 aliphatic rings. The molecule has 47 heavy (non-hydrogen) atoms. The Hall–Kier alpha value is -2.74. The molecule has 0 radical (unpaired) electrons. The predicted molar refractivity (Wildman–Crippen MR) is 176 cm³/mol. The monoisotopic (exact) mass is 642 g/mol. The van der Waals surface area contributed by atoms with E-state index in [2.05, 4.69) is 26.0 Å². The molecule has 11 atom stereocenters. The van der Waals surface area contributed by atoms with Crippen molar-refractivity contribution in [1.29, 1.82) is 0 Å². The fourth-order valence-electron chi connectivity index (χ4n) is 11.8. The number of benzene rings is 2. The Kier molecular flexibility index (Phi) is 7.85. The zero-order valence-corrected chi connectivity index (χ0v) is 27.8. The summed E-state index contributed by atoms with van der Waals surface area (Å²) in [6.07, 6.45) is 9.75. The van der Waals surface area contributed by atoms with E-state index in [1.807, 2.05) is 18.2 Å². The van der Waals surface area contributed by atoms with Crippen LogP contribution in [0.3, 0.4) is 0 Å². The number of carbonyl (C=O) groups excluding carboxylic acids is 2. The summed E-state index contributed by atoms with van der Waals surface area (Å²) in [5.41, 5.74) is 5.14. The third-order valence-electron chi connectivity index (χ3n) is 14.4. The standard InChI is InChI=1S/C40H50O7/c1-39-17-15-28-26-9-5-24(19-22(26)3-7-30(28)32(39)11-13-35(39)42)46-37(44)21-34(41)38(45)47-25-6-10-27-23(20-25)4-8-31-29(27)16-18-40(2)33(31)12-14-36(40)43/h5-6,9-10,19-20,28-36,41-43H,3-4,7-8,11-18,21H2,1-2H3/t28?,29?,30?,31?,32?,33?,34?,35-,36-,39-,40-/m0/s1. The van der Waals surface area contributed by atoms with Gasteiger partial charge in [-0.3, -0.25) is 4.79 Å². The summed E-state index contributed by atoms with van der Waals surface area (Å²) in [5, 5.41) is 31.9. The van der Waals surface area contributed by atoms with Crippen LogP contribution in [0, 0.1) is 34.5 Å². The number of fused-ring (bicyclic) bond motifs is 10. The molecule has 2 aromatic rings. The van der Waals surface area contributed by atoms with Gasteiger partial charge in [0.2, 0.25) is 0 Å². The average Bonchev–Trinajstić information content (AvgIpc) is 3.54. The normalized spacial score (nSPS) is 38.9. The van der Waals surface area contributed by atoms with E-state index in [9.17, 15) is 24.9 Å². The first-order valence-corrected chi connectivity index (χ1v) is 18.3. The number of carbonyl (C=O) groups is 2. The summed E-state index contributed by atoms with van der Waals surface area (Å²) >= 11 is 0. The van der Waals surface area contributed by atoms with Gasteiger partial charge in [0.25, 0.3) is 0 Å². The molecule has 0 bridgehead atoms. The SMILES string of the molecule is C[C@]12CCC3c4ccc(OC(=O)CC(O)C(=O)Oc5ccc6c(c5)CCC5C6CC[C@@]6(C)C5CC[C@@H]6O)cc4CCC3C1CC[C@@H]2O. The fraction of sp³-hybridized carbons (Fsp3) is 0.650. The minimum atomic E-state index is -1.62. The molecular formula is C40H50O7. The first kappa shape index (κ1) is 31.5. The number of aryl methyl sites for hydroxylation is 2. The molecule has 7 nitrogen and oxygen atoms in total. The third kappa shape index (κ3) is 5.18. The third-order valence-corrected chi connectivity index (χ3v) is 14.4. The quantitative estimate of drug-likeness (QED) is 0.256. The number of aliphatic hydroxyl groups excluding tert-OH is 3. The number of aliphatic hydroxyl groups is 3. The summed E-state index contributed by atoms with van der Waals surface area (Å²) in [6.45, 7) is 4.56. The molecule has 7 heteroatoms. The fourth-order valence-corrected chi connectivity index (χ4v) is 11.8. The van der Waals surface area contributed by atoms with Crippen molar-refractivity contribution in [1.82, 2.24) is 0 Å². The summed E-state index contributed by atoms with van der Waals surface area (Å²) in [5.74, 6) is 2.53. The molecule has 2 aromatic carbocycles. The second-order valence-corrected chi connectivity index (χ2v) is 16.4. The van der Waals surface area contributed by atoms with E-state index in [0.717, 1.165) is 77.0 Å². The Morgan fingerprint density at radius 3 is 1.72 bits per heavy atom. The van der Waals surface area contributed by atoms with Crippen LogP contribution in [0.1, 0.15) is 119 Å². The molecular weight excluding hydrogens is 592 g/mol. The molecule has 4 saturated carbocycles. The van der Waals surface area contributed by atoms with Crippen LogP contribution in [0.15, 0.2) is 36.4 Å². The second kappa shape index (κ2) is 11.7. The van der Waals surface area contributed by atoms with E-state index in [1.165, 1.54) is 22.3 Å². The molecule has 252 valence electrons. The van der Waals surface area contributed by atoms with Crippen molar-refractivity contribution < 1.29 is 34.4 Å². The molecule has 0 saturated heterocycles. The van der Waals surface area contributed by atoms with Crippen molar-refractivity contribution in [2.75, 3.05) is 0 Å². The number of ether oxygens (including phenoxy) is 2.